The highest BCUT2D eigenvalue weighted by molar-refractivity contribution is 5.84. The first-order valence-corrected chi connectivity index (χ1v) is 5.51. The van der Waals surface area contributed by atoms with Gasteiger partial charge in [-0.25, -0.2) is 14.8 Å². The predicted octanol–water partition coefficient (Wildman–Crippen LogP) is 0.0248. The summed E-state index contributed by atoms with van der Waals surface area (Å²) in [5.41, 5.74) is -0.0653. The summed E-state index contributed by atoms with van der Waals surface area (Å²) in [5.74, 6) is -0.457. The number of hydrogen-bond acceptors (Lipinski definition) is 6. The van der Waals surface area contributed by atoms with E-state index in [-0.39, 0.29) is 17.9 Å². The Labute approximate surface area is 104 Å². The van der Waals surface area contributed by atoms with E-state index in [1.54, 1.807) is 14.2 Å². The van der Waals surface area contributed by atoms with Crippen molar-refractivity contribution in [3.05, 3.63) is 18.1 Å². The Hall–Kier alpha value is -1.73. The van der Waals surface area contributed by atoms with Crippen LogP contribution in [0, 0.1) is 0 Å². The summed E-state index contributed by atoms with van der Waals surface area (Å²) in [5, 5.41) is 8.75. The molecule has 0 spiro atoms. The van der Waals surface area contributed by atoms with Crippen molar-refractivity contribution in [1.29, 1.82) is 0 Å². The topological polar surface area (TPSA) is 84.8 Å². The molecule has 0 aliphatic carbocycles. The monoisotopic (exact) mass is 253 g/mol. The van der Waals surface area contributed by atoms with E-state index in [2.05, 4.69) is 9.97 Å². The number of anilines is 1. The number of carbonyl (C=O) groups is 1. The molecule has 0 bridgehead atoms. The van der Waals surface area contributed by atoms with E-state index in [0.717, 1.165) is 0 Å². The van der Waals surface area contributed by atoms with Crippen molar-refractivity contribution < 1.29 is 19.4 Å². The third-order valence-electron chi connectivity index (χ3n) is 3.00. The molecule has 1 N–H and O–H groups in total. The van der Waals surface area contributed by atoms with Crippen molar-refractivity contribution in [2.75, 3.05) is 32.2 Å². The summed E-state index contributed by atoms with van der Waals surface area (Å²) in [6.07, 6.45) is 2.67. The zero-order valence-corrected chi connectivity index (χ0v) is 10.2. The minimum Gasteiger partial charge on any atom is -0.476 e. The summed E-state index contributed by atoms with van der Waals surface area (Å²) in [7, 11) is 3.28. The maximum absolute atomic E-state index is 10.7. The van der Waals surface area contributed by atoms with Gasteiger partial charge >= 0.3 is 5.97 Å². The highest BCUT2D eigenvalue weighted by Crippen LogP contribution is 2.20. The van der Waals surface area contributed by atoms with E-state index >= 15 is 0 Å². The maximum atomic E-state index is 10.7. The summed E-state index contributed by atoms with van der Waals surface area (Å²) >= 11 is 0. The van der Waals surface area contributed by atoms with E-state index in [9.17, 15) is 4.79 Å². The van der Waals surface area contributed by atoms with Gasteiger partial charge in [-0.1, -0.05) is 0 Å². The molecule has 0 radical (unpaired) electrons. The van der Waals surface area contributed by atoms with Gasteiger partial charge < -0.3 is 19.5 Å². The number of aromatic carboxylic acids is 1. The molecule has 0 aromatic carbocycles. The largest absolute Gasteiger partial charge is 0.476 e. The molecule has 1 aliphatic rings. The number of nitrogens with zero attached hydrogens (tertiary/aromatic N) is 3. The second-order valence-corrected chi connectivity index (χ2v) is 4.02. The predicted molar refractivity (Wildman–Crippen MR) is 62.8 cm³/mol. The van der Waals surface area contributed by atoms with E-state index in [1.807, 2.05) is 4.90 Å². The lowest BCUT2D eigenvalue weighted by Crippen LogP contribution is -2.27. The van der Waals surface area contributed by atoms with Crippen LogP contribution in [0.2, 0.25) is 0 Å². The lowest BCUT2D eigenvalue weighted by atomic mass is 10.3. The highest BCUT2D eigenvalue weighted by Gasteiger charge is 2.33. The average Bonchev–Trinajstić information content (AvgIpc) is 2.82. The second-order valence-electron chi connectivity index (χ2n) is 4.02. The fourth-order valence-electron chi connectivity index (χ4n) is 1.98. The molecule has 1 aromatic heterocycles. The van der Waals surface area contributed by atoms with E-state index < -0.39 is 5.97 Å². The molecular formula is C11H15N3O4. The molecule has 98 valence electrons. The Bertz CT molecular complexity index is 411. The van der Waals surface area contributed by atoms with Crippen molar-refractivity contribution in [2.45, 2.75) is 12.2 Å². The molecule has 2 heterocycles. The van der Waals surface area contributed by atoms with Gasteiger partial charge in [0, 0.05) is 27.3 Å². The van der Waals surface area contributed by atoms with Crippen LogP contribution in [0.15, 0.2) is 12.4 Å². The minimum atomic E-state index is -1.08. The molecule has 1 fully saturated rings. The summed E-state index contributed by atoms with van der Waals surface area (Å²) in [6.45, 7) is 1.30. The average molecular weight is 253 g/mol. The molecule has 2 rings (SSSR count). The Morgan fingerprint density at radius 2 is 1.89 bits per heavy atom. The summed E-state index contributed by atoms with van der Waals surface area (Å²) in [6, 6.07) is 0. The fourth-order valence-corrected chi connectivity index (χ4v) is 1.98. The van der Waals surface area contributed by atoms with Crippen LogP contribution in [0.3, 0.4) is 0 Å². The lowest BCUT2D eigenvalue weighted by Gasteiger charge is -2.15. The Morgan fingerprint density at radius 3 is 2.28 bits per heavy atom. The van der Waals surface area contributed by atoms with Crippen LogP contribution in [0.1, 0.15) is 10.5 Å². The second kappa shape index (κ2) is 5.28. The van der Waals surface area contributed by atoms with Crippen molar-refractivity contribution in [3.63, 3.8) is 0 Å². The summed E-state index contributed by atoms with van der Waals surface area (Å²) < 4.78 is 10.6. The molecule has 0 amide bonds. The molecular weight excluding hydrogens is 238 g/mol. The number of carboxylic acid groups (broad SMARTS) is 1. The van der Waals surface area contributed by atoms with Gasteiger partial charge in [0.1, 0.15) is 18.0 Å². The molecule has 7 heteroatoms. The van der Waals surface area contributed by atoms with Crippen LogP contribution < -0.4 is 4.90 Å². The van der Waals surface area contributed by atoms with Gasteiger partial charge in [-0.2, -0.15) is 0 Å². The number of carboxylic acids is 1. The van der Waals surface area contributed by atoms with Crippen LogP contribution in [0.4, 0.5) is 5.82 Å². The zero-order chi connectivity index (χ0) is 13.1. The Balaban J connectivity index is 2.11. The Morgan fingerprint density at radius 1 is 1.28 bits per heavy atom. The molecule has 0 saturated carbocycles. The van der Waals surface area contributed by atoms with Crippen molar-refractivity contribution >= 4 is 11.8 Å². The molecule has 1 aromatic rings. The van der Waals surface area contributed by atoms with Gasteiger partial charge in [0.15, 0.2) is 5.69 Å². The summed E-state index contributed by atoms with van der Waals surface area (Å²) in [4.78, 5) is 20.6. The van der Waals surface area contributed by atoms with Crippen molar-refractivity contribution in [2.24, 2.45) is 0 Å². The molecule has 18 heavy (non-hydrogen) atoms. The van der Waals surface area contributed by atoms with E-state index in [1.165, 1.54) is 12.4 Å². The first-order valence-electron chi connectivity index (χ1n) is 5.51. The van der Waals surface area contributed by atoms with Gasteiger partial charge in [-0.3, -0.25) is 0 Å². The quantitative estimate of drug-likeness (QED) is 0.809. The third-order valence-corrected chi connectivity index (χ3v) is 3.00. The first kappa shape index (κ1) is 12.7. The van der Waals surface area contributed by atoms with Gasteiger partial charge in [0.2, 0.25) is 0 Å². The van der Waals surface area contributed by atoms with Gasteiger partial charge in [-0.15, -0.1) is 0 Å². The number of rotatable bonds is 4. The van der Waals surface area contributed by atoms with Crippen LogP contribution in [0.5, 0.6) is 0 Å². The lowest BCUT2D eigenvalue weighted by molar-refractivity contribution is -0.00461. The normalized spacial score (nSPS) is 23.3. The molecule has 1 aliphatic heterocycles. The van der Waals surface area contributed by atoms with Crippen LogP contribution in [-0.4, -0.2) is 60.6 Å². The van der Waals surface area contributed by atoms with Crippen molar-refractivity contribution in [1.82, 2.24) is 9.97 Å². The fraction of sp³-hybridized carbons (Fsp3) is 0.545. The van der Waals surface area contributed by atoms with Gasteiger partial charge in [-0.05, 0) is 0 Å². The van der Waals surface area contributed by atoms with Gasteiger partial charge in [0.25, 0.3) is 0 Å². The minimum absolute atomic E-state index is 0.0176. The number of ether oxygens (including phenoxy) is 2. The van der Waals surface area contributed by atoms with Crippen LogP contribution in [0.25, 0.3) is 0 Å². The standard InChI is InChI=1S/C11H15N3O4/c1-17-8-5-14(6-9(8)18-2)10-4-12-7(3-13-10)11(15)16/h3-4,8-9H,5-6H2,1-2H3,(H,15,16)/t8-,9+. The zero-order valence-electron chi connectivity index (χ0n) is 10.2. The SMILES string of the molecule is CO[C@H]1CN(c2cnc(C(=O)O)cn2)C[C@H]1OC. The number of aromatic nitrogens is 2. The van der Waals surface area contributed by atoms with Crippen molar-refractivity contribution in [3.8, 4) is 0 Å². The first-order chi connectivity index (χ1) is 8.65. The third kappa shape index (κ3) is 2.41. The molecule has 0 unspecified atom stereocenters. The number of hydrogen-bond donors (Lipinski definition) is 1. The molecule has 2 atom stereocenters. The maximum Gasteiger partial charge on any atom is 0.356 e. The van der Waals surface area contributed by atoms with Crippen LogP contribution >= 0.6 is 0 Å². The van der Waals surface area contributed by atoms with Gasteiger partial charge in [0.05, 0.1) is 12.4 Å². The van der Waals surface area contributed by atoms with Crippen LogP contribution in [-0.2, 0) is 9.47 Å². The molecule has 7 nitrogen and oxygen atoms in total. The van der Waals surface area contributed by atoms with E-state index in [4.69, 9.17) is 14.6 Å². The van der Waals surface area contributed by atoms with E-state index in [0.29, 0.717) is 18.9 Å². The Kier molecular flexibility index (Phi) is 3.73. The smallest absolute Gasteiger partial charge is 0.356 e. The highest BCUT2D eigenvalue weighted by atomic mass is 16.5. The number of methoxy groups -OCH3 is 2. The molecule has 1 saturated heterocycles.